The maximum absolute atomic E-state index is 15.0. The number of nitrogens with two attached hydrogens (primary N) is 2. The van der Waals surface area contributed by atoms with E-state index in [9.17, 15) is 4.79 Å². The van der Waals surface area contributed by atoms with Crippen molar-refractivity contribution in [3.63, 3.8) is 0 Å². The molecule has 4 N–H and O–H groups in total. The Hall–Kier alpha value is -3.60. The van der Waals surface area contributed by atoms with Crippen molar-refractivity contribution in [2.45, 2.75) is 12.5 Å². The van der Waals surface area contributed by atoms with Crippen LogP contribution in [0.1, 0.15) is 18.0 Å². The van der Waals surface area contributed by atoms with E-state index in [1.165, 1.54) is 20.5 Å². The van der Waals surface area contributed by atoms with Crippen molar-refractivity contribution >= 4 is 28.6 Å². The highest BCUT2D eigenvalue weighted by molar-refractivity contribution is 5.92. The molecule has 1 amide bonds. The second-order valence-electron chi connectivity index (χ2n) is 7.47. The molecule has 1 saturated heterocycles. The lowest BCUT2D eigenvalue weighted by Gasteiger charge is -2.35. The topological polar surface area (TPSA) is 133 Å². The van der Waals surface area contributed by atoms with Gasteiger partial charge in [0.2, 0.25) is 11.9 Å². The molecule has 0 spiro atoms. The highest BCUT2D eigenvalue weighted by Gasteiger charge is 2.26. The van der Waals surface area contributed by atoms with Gasteiger partial charge in [-0.05, 0) is 12.1 Å². The van der Waals surface area contributed by atoms with Gasteiger partial charge < -0.3 is 35.2 Å². The van der Waals surface area contributed by atoms with E-state index >= 15 is 4.39 Å². The van der Waals surface area contributed by atoms with Crippen LogP contribution in [0, 0.1) is 5.82 Å². The minimum atomic E-state index is -0.667. The van der Waals surface area contributed by atoms with E-state index in [2.05, 4.69) is 9.97 Å². The third-order valence-corrected chi connectivity index (χ3v) is 5.57. The second-order valence-corrected chi connectivity index (χ2v) is 7.47. The van der Waals surface area contributed by atoms with Crippen molar-refractivity contribution in [2.24, 2.45) is 5.73 Å². The molecule has 32 heavy (non-hydrogen) atoms. The number of nitrogens with zero attached hydrogens (tertiary/aromatic N) is 4. The van der Waals surface area contributed by atoms with Crippen LogP contribution in [0.5, 0.6) is 11.5 Å². The maximum Gasteiger partial charge on any atom is 0.228 e. The monoisotopic (exact) mass is 444 g/mol. The van der Waals surface area contributed by atoms with Gasteiger partial charge in [0.05, 0.1) is 26.7 Å². The summed E-state index contributed by atoms with van der Waals surface area (Å²) in [5.41, 5.74) is 13.0. The molecule has 0 bridgehead atoms. The van der Waals surface area contributed by atoms with Gasteiger partial charge in [-0.25, -0.2) is 9.37 Å². The third kappa shape index (κ3) is 3.98. The predicted molar refractivity (Wildman–Crippen MR) is 116 cm³/mol. The molecule has 1 atom stereocenters. The molecule has 2 aromatic heterocycles. The van der Waals surface area contributed by atoms with Crippen LogP contribution in [0.25, 0.3) is 10.9 Å². The summed E-state index contributed by atoms with van der Waals surface area (Å²) >= 11 is 0. The molecule has 3 aromatic rings. The van der Waals surface area contributed by atoms with Gasteiger partial charge in [0, 0.05) is 49.6 Å². The van der Waals surface area contributed by atoms with E-state index in [0.29, 0.717) is 37.5 Å². The third-order valence-electron chi connectivity index (χ3n) is 5.57. The van der Waals surface area contributed by atoms with Crippen LogP contribution in [0.4, 0.5) is 16.2 Å². The first-order valence-electron chi connectivity index (χ1n) is 10.1. The van der Waals surface area contributed by atoms with Crippen LogP contribution in [-0.4, -0.2) is 61.2 Å². The molecule has 3 heterocycles. The number of rotatable bonds is 6. The summed E-state index contributed by atoms with van der Waals surface area (Å²) in [4.78, 5) is 25.0. The Balaban J connectivity index is 1.49. The van der Waals surface area contributed by atoms with Crippen LogP contribution < -0.4 is 25.8 Å². The zero-order chi connectivity index (χ0) is 22.8. The van der Waals surface area contributed by atoms with Crippen molar-refractivity contribution in [3.8, 4) is 11.5 Å². The molecule has 11 heteroatoms. The summed E-state index contributed by atoms with van der Waals surface area (Å²) < 4.78 is 30.3. The number of aromatic nitrogens is 2. The molecule has 0 radical (unpaired) electrons. The highest BCUT2D eigenvalue weighted by atomic mass is 19.1. The molecular formula is C21H25FN6O4. The number of ether oxygens (including phenoxy) is 2. The molecule has 4 rings (SSSR count). The second kappa shape index (κ2) is 8.87. The lowest BCUT2D eigenvalue weighted by atomic mass is 10.1. The number of piperazine rings is 1. The number of hydrogen-bond acceptors (Lipinski definition) is 9. The normalized spacial score (nSPS) is 15.1. The molecule has 10 nitrogen and oxygen atoms in total. The number of carbonyl (C=O) groups is 1. The summed E-state index contributed by atoms with van der Waals surface area (Å²) in [6.45, 7) is 1.89. The zero-order valence-corrected chi connectivity index (χ0v) is 17.9. The smallest absolute Gasteiger partial charge is 0.228 e. The van der Waals surface area contributed by atoms with E-state index in [1.54, 1.807) is 23.3 Å². The minimum absolute atomic E-state index is 0.0415. The van der Waals surface area contributed by atoms with Crippen LogP contribution in [0.2, 0.25) is 0 Å². The fraction of sp³-hybridized carbons (Fsp3) is 0.381. The van der Waals surface area contributed by atoms with Crippen molar-refractivity contribution in [1.82, 2.24) is 14.9 Å². The quantitative estimate of drug-likeness (QED) is 0.583. The first-order valence-corrected chi connectivity index (χ1v) is 10.1. The Labute approximate surface area is 183 Å². The average Bonchev–Trinajstić information content (AvgIpc) is 3.34. The predicted octanol–water partition coefficient (Wildman–Crippen LogP) is 1.70. The number of methoxy groups -OCH3 is 2. The summed E-state index contributed by atoms with van der Waals surface area (Å²) in [6.07, 6.45) is 3.26. The lowest BCUT2D eigenvalue weighted by Crippen LogP contribution is -2.49. The van der Waals surface area contributed by atoms with Crippen LogP contribution >= 0.6 is 0 Å². The van der Waals surface area contributed by atoms with Crippen molar-refractivity contribution in [3.05, 3.63) is 36.0 Å². The lowest BCUT2D eigenvalue weighted by molar-refractivity contribution is -0.131. The Bertz CT molecular complexity index is 1120. The Morgan fingerprint density at radius 3 is 2.62 bits per heavy atom. The maximum atomic E-state index is 15.0. The van der Waals surface area contributed by atoms with Gasteiger partial charge in [-0.15, -0.1) is 0 Å². The summed E-state index contributed by atoms with van der Waals surface area (Å²) in [5.74, 6) is -0.119. The van der Waals surface area contributed by atoms with Crippen molar-refractivity contribution in [2.75, 3.05) is 51.0 Å². The number of anilines is 2. The molecule has 1 aromatic carbocycles. The number of hydrogen-bond donors (Lipinski definition) is 2. The Morgan fingerprint density at radius 2 is 2.00 bits per heavy atom. The molecule has 1 unspecified atom stereocenters. The molecular weight excluding hydrogens is 419 g/mol. The van der Waals surface area contributed by atoms with E-state index in [4.69, 9.17) is 25.4 Å². The summed E-state index contributed by atoms with van der Waals surface area (Å²) in [5, 5.41) is 0.339. The van der Waals surface area contributed by atoms with Gasteiger partial charge in [0.25, 0.3) is 0 Å². The first-order chi connectivity index (χ1) is 15.4. The van der Waals surface area contributed by atoms with Gasteiger partial charge in [-0.1, -0.05) is 0 Å². The summed E-state index contributed by atoms with van der Waals surface area (Å²) in [6, 6.07) is 2.88. The van der Waals surface area contributed by atoms with Gasteiger partial charge in [-0.3, -0.25) is 4.79 Å². The number of amides is 1. The fourth-order valence-corrected chi connectivity index (χ4v) is 3.76. The molecule has 1 aliphatic heterocycles. The average molecular weight is 444 g/mol. The largest absolute Gasteiger partial charge is 0.493 e. The molecule has 0 saturated carbocycles. The number of halogens is 1. The SMILES string of the molecule is COc1cc2c(N)nc(N3CCN(C(=O)CC(N)c4ccoc4)CC3)nc2c(F)c1OC. The molecule has 170 valence electrons. The van der Waals surface area contributed by atoms with Crippen molar-refractivity contribution in [1.29, 1.82) is 0 Å². The molecule has 1 aliphatic rings. The number of fused-ring (bicyclic) bond motifs is 1. The minimum Gasteiger partial charge on any atom is -0.493 e. The number of nitrogen functional groups attached to an aromatic ring is 1. The van der Waals surface area contributed by atoms with Crippen molar-refractivity contribution < 1.29 is 23.1 Å². The number of furan rings is 1. The van der Waals surface area contributed by atoms with E-state index in [1.807, 2.05) is 4.90 Å². The van der Waals surface area contributed by atoms with Crippen LogP contribution in [-0.2, 0) is 4.79 Å². The van der Waals surface area contributed by atoms with Gasteiger partial charge in [0.1, 0.15) is 11.3 Å². The van der Waals surface area contributed by atoms with E-state index in [-0.39, 0.29) is 35.2 Å². The summed E-state index contributed by atoms with van der Waals surface area (Å²) in [7, 11) is 2.77. The number of benzene rings is 1. The van der Waals surface area contributed by atoms with Gasteiger partial charge in [0.15, 0.2) is 17.3 Å². The van der Waals surface area contributed by atoms with E-state index < -0.39 is 11.9 Å². The fourth-order valence-electron chi connectivity index (χ4n) is 3.76. The number of carbonyl (C=O) groups excluding carboxylic acids is 1. The molecule has 1 fully saturated rings. The Kier molecular flexibility index (Phi) is 5.99. The van der Waals surface area contributed by atoms with E-state index in [0.717, 1.165) is 5.56 Å². The highest BCUT2D eigenvalue weighted by Crippen LogP contribution is 2.37. The zero-order valence-electron chi connectivity index (χ0n) is 17.9. The Morgan fingerprint density at radius 1 is 1.25 bits per heavy atom. The standard InChI is InChI=1S/C21H25FN6O4/c1-30-15-9-13-18(17(22)19(15)31-2)25-21(26-20(13)24)28-6-4-27(5-7-28)16(29)10-14(23)12-3-8-32-11-12/h3,8-9,11,14H,4-7,10,23H2,1-2H3,(H2,24,25,26). The van der Waals surface area contributed by atoms with Crippen LogP contribution in [0.15, 0.2) is 29.1 Å². The van der Waals surface area contributed by atoms with Gasteiger partial charge in [-0.2, -0.15) is 4.98 Å². The van der Waals surface area contributed by atoms with Gasteiger partial charge >= 0.3 is 0 Å². The molecule has 0 aliphatic carbocycles. The van der Waals surface area contributed by atoms with Crippen LogP contribution in [0.3, 0.4) is 0 Å². The first kappa shape index (κ1) is 21.6.